The Morgan fingerprint density at radius 3 is 2.08 bits per heavy atom. The van der Waals surface area contributed by atoms with E-state index in [1.54, 1.807) is 0 Å². The van der Waals surface area contributed by atoms with E-state index in [9.17, 15) is 48.0 Å². The molecule has 0 bridgehead atoms. The van der Waals surface area contributed by atoms with Crippen molar-refractivity contribution in [3.63, 3.8) is 0 Å². The molecule has 0 radical (unpaired) electrons. The molecule has 7 nitrogen and oxygen atoms in total. The summed E-state index contributed by atoms with van der Waals surface area (Å²) in [6.07, 6.45) is -9.06. The van der Waals surface area contributed by atoms with E-state index in [1.807, 2.05) is 0 Å². The Balaban J connectivity index is 1.78. The third kappa shape index (κ3) is 6.86. The van der Waals surface area contributed by atoms with Gasteiger partial charge in [-0.25, -0.2) is 16.8 Å². The Hall–Kier alpha value is -2.65. The Morgan fingerprint density at radius 1 is 0.947 bits per heavy atom. The molecule has 15 heteroatoms. The third-order valence-electron chi connectivity index (χ3n) is 6.23. The highest BCUT2D eigenvalue weighted by atomic mass is 32.2. The maximum absolute atomic E-state index is 13.1. The molecule has 0 spiro atoms. The maximum Gasteiger partial charge on any atom is 0.573 e. The monoisotopic (exact) mass is 587 g/mol. The highest BCUT2D eigenvalue weighted by Gasteiger charge is 2.38. The number of ether oxygens (including phenoxy) is 1. The number of likely N-dealkylation sites (tertiary alicyclic amines) is 1. The maximum atomic E-state index is 13.1. The lowest BCUT2D eigenvalue weighted by molar-refractivity contribution is -0.274. The van der Waals surface area contributed by atoms with Gasteiger partial charge in [0, 0.05) is 25.3 Å². The Kier molecular flexibility index (Phi) is 8.25. The fourth-order valence-electron chi connectivity index (χ4n) is 4.13. The predicted octanol–water partition coefficient (Wildman–Crippen LogP) is 4.72. The second kappa shape index (κ2) is 10.5. The van der Waals surface area contributed by atoms with Gasteiger partial charge in [0.2, 0.25) is 0 Å². The van der Waals surface area contributed by atoms with E-state index in [0.29, 0.717) is 12.1 Å². The minimum atomic E-state index is -5.19. The molecule has 1 fully saturated rings. The molecule has 0 aromatic heterocycles. The number of halogens is 6. The average Bonchev–Trinajstić information content (AvgIpc) is 2.81. The molecule has 1 unspecified atom stereocenters. The predicted molar refractivity (Wildman–Crippen MR) is 123 cm³/mol. The summed E-state index contributed by atoms with van der Waals surface area (Å²) in [6, 6.07) is 5.89. The summed E-state index contributed by atoms with van der Waals surface area (Å²) in [5, 5.41) is -1.24. The van der Waals surface area contributed by atoms with Gasteiger partial charge in [0.25, 0.3) is 0 Å². The lowest BCUT2D eigenvalue weighted by Crippen LogP contribution is -2.45. The molecular weight excluding hydrogens is 564 g/mol. The average molecular weight is 588 g/mol. The van der Waals surface area contributed by atoms with Crippen molar-refractivity contribution in [1.29, 1.82) is 0 Å². The second-order valence-corrected chi connectivity index (χ2v) is 13.1. The van der Waals surface area contributed by atoms with Crippen LogP contribution in [0.4, 0.5) is 26.3 Å². The van der Waals surface area contributed by atoms with Crippen LogP contribution in [0.15, 0.2) is 52.3 Å². The molecule has 0 N–H and O–H groups in total. The van der Waals surface area contributed by atoms with Crippen LogP contribution in [0, 0.1) is 5.92 Å². The third-order valence-corrected chi connectivity index (χ3v) is 9.44. The smallest absolute Gasteiger partial charge is 0.405 e. The minimum absolute atomic E-state index is 0.0205. The summed E-state index contributed by atoms with van der Waals surface area (Å²) in [6.45, 7) is 1.34. The van der Waals surface area contributed by atoms with Crippen molar-refractivity contribution in [2.75, 3.05) is 19.3 Å². The van der Waals surface area contributed by atoms with Crippen molar-refractivity contribution >= 4 is 25.5 Å². The molecule has 2 aromatic rings. The molecule has 1 aliphatic heterocycles. The number of carbonyl (C=O) groups is 1. The van der Waals surface area contributed by atoms with Gasteiger partial charge in [-0.2, -0.15) is 13.2 Å². The number of benzene rings is 2. The molecule has 1 atom stereocenters. The SMILES string of the molecule is CC(N1CCC(C(=O)c2ccc(S(C)(=O)=O)cc2OC(F)(F)F)CC1)S(=O)(=O)c1cccc(C(F)(F)F)c1. The van der Waals surface area contributed by atoms with Crippen molar-refractivity contribution in [1.82, 2.24) is 4.90 Å². The lowest BCUT2D eigenvalue weighted by Gasteiger charge is -2.35. The van der Waals surface area contributed by atoms with Gasteiger partial charge in [0.05, 0.1) is 20.9 Å². The van der Waals surface area contributed by atoms with Crippen LogP contribution in [-0.2, 0) is 25.9 Å². The number of Topliss-reactive ketones (excluding diaryl/α,β-unsaturated/α-hetero) is 1. The van der Waals surface area contributed by atoms with Gasteiger partial charge in [-0.05, 0) is 56.2 Å². The molecule has 0 aliphatic carbocycles. The quantitative estimate of drug-likeness (QED) is 0.342. The number of ketones is 1. The van der Waals surface area contributed by atoms with Crippen LogP contribution in [0.25, 0.3) is 0 Å². The van der Waals surface area contributed by atoms with Crippen LogP contribution in [0.1, 0.15) is 35.7 Å². The van der Waals surface area contributed by atoms with Gasteiger partial charge in [0.15, 0.2) is 25.5 Å². The van der Waals surface area contributed by atoms with Crippen molar-refractivity contribution < 1.29 is 52.7 Å². The number of alkyl halides is 6. The molecular formula is C23H23F6NO6S2. The second-order valence-electron chi connectivity index (χ2n) is 8.82. The van der Waals surface area contributed by atoms with Gasteiger partial charge in [-0.1, -0.05) is 6.07 Å². The van der Waals surface area contributed by atoms with Crippen molar-refractivity contribution in [3.05, 3.63) is 53.6 Å². The molecule has 210 valence electrons. The first kappa shape index (κ1) is 29.9. The first-order valence-corrected chi connectivity index (χ1v) is 14.5. The molecule has 1 aliphatic rings. The van der Waals surface area contributed by atoms with E-state index in [0.717, 1.165) is 36.6 Å². The highest BCUT2D eigenvalue weighted by molar-refractivity contribution is 7.92. The Morgan fingerprint density at radius 2 is 1.55 bits per heavy atom. The normalized spacial score (nSPS) is 17.3. The molecule has 1 heterocycles. The molecule has 2 aromatic carbocycles. The van der Waals surface area contributed by atoms with Gasteiger partial charge >= 0.3 is 12.5 Å². The summed E-state index contributed by atoms with van der Waals surface area (Å²) in [5.74, 6) is -2.53. The van der Waals surface area contributed by atoms with E-state index < -0.39 is 76.0 Å². The standard InChI is InChI=1S/C23H23F6NO6S2/c1-14(38(34,35)18-5-3-4-16(12-18)22(24,25)26)30-10-8-15(9-11-30)21(31)19-7-6-17(37(2,32)33)13-20(19)36-23(27,28)29/h3-7,12-15H,8-11H2,1-2H3. The lowest BCUT2D eigenvalue weighted by atomic mass is 9.88. The van der Waals surface area contributed by atoms with Gasteiger partial charge < -0.3 is 4.74 Å². The molecule has 3 rings (SSSR count). The van der Waals surface area contributed by atoms with Crippen LogP contribution in [-0.4, -0.2) is 58.6 Å². The number of hydrogen-bond donors (Lipinski definition) is 0. The van der Waals surface area contributed by atoms with Gasteiger partial charge in [-0.15, -0.1) is 13.2 Å². The van der Waals surface area contributed by atoms with Gasteiger partial charge in [0.1, 0.15) is 11.1 Å². The van der Waals surface area contributed by atoms with E-state index in [1.165, 1.54) is 11.8 Å². The summed E-state index contributed by atoms with van der Waals surface area (Å²) < 4.78 is 131. The van der Waals surface area contributed by atoms with E-state index in [4.69, 9.17) is 0 Å². The summed E-state index contributed by atoms with van der Waals surface area (Å²) in [4.78, 5) is 13.5. The van der Waals surface area contributed by atoms with Crippen molar-refractivity contribution in [2.24, 2.45) is 5.92 Å². The molecule has 0 amide bonds. The van der Waals surface area contributed by atoms with E-state index in [-0.39, 0.29) is 25.9 Å². The van der Waals surface area contributed by atoms with Crippen LogP contribution in [0.3, 0.4) is 0 Å². The Labute approximate surface area is 215 Å². The first-order chi connectivity index (χ1) is 17.3. The number of hydrogen-bond acceptors (Lipinski definition) is 7. The van der Waals surface area contributed by atoms with Crippen LogP contribution < -0.4 is 4.74 Å². The fourth-order valence-corrected chi connectivity index (χ4v) is 6.33. The summed E-state index contributed by atoms with van der Waals surface area (Å²) in [7, 11) is -8.12. The number of nitrogens with zero attached hydrogens (tertiary/aromatic N) is 1. The zero-order valence-electron chi connectivity index (χ0n) is 20.0. The number of piperidine rings is 1. The van der Waals surface area contributed by atoms with E-state index in [2.05, 4.69) is 4.74 Å². The summed E-state index contributed by atoms with van der Waals surface area (Å²) in [5.41, 5.74) is -1.59. The summed E-state index contributed by atoms with van der Waals surface area (Å²) >= 11 is 0. The largest absolute Gasteiger partial charge is 0.573 e. The van der Waals surface area contributed by atoms with Crippen molar-refractivity contribution in [3.8, 4) is 5.75 Å². The highest BCUT2D eigenvalue weighted by Crippen LogP contribution is 2.35. The molecule has 1 saturated heterocycles. The molecule has 0 saturated carbocycles. The fraction of sp³-hybridized carbons (Fsp3) is 0.435. The minimum Gasteiger partial charge on any atom is -0.405 e. The van der Waals surface area contributed by atoms with E-state index >= 15 is 0 Å². The van der Waals surface area contributed by atoms with Crippen LogP contribution >= 0.6 is 0 Å². The van der Waals surface area contributed by atoms with Gasteiger partial charge in [-0.3, -0.25) is 9.69 Å². The Bertz CT molecular complexity index is 1410. The van der Waals surface area contributed by atoms with Crippen molar-refractivity contribution in [2.45, 2.75) is 47.5 Å². The number of carbonyl (C=O) groups excluding carboxylic acids is 1. The van der Waals surface area contributed by atoms with Crippen LogP contribution in [0.2, 0.25) is 0 Å². The number of sulfone groups is 2. The topological polar surface area (TPSA) is 97.8 Å². The zero-order chi connectivity index (χ0) is 28.7. The zero-order valence-corrected chi connectivity index (χ0v) is 21.6. The van der Waals surface area contributed by atoms with Crippen LogP contribution in [0.5, 0.6) is 5.75 Å². The first-order valence-electron chi connectivity index (χ1n) is 11.1. The number of rotatable bonds is 7. The molecule has 38 heavy (non-hydrogen) atoms.